The summed E-state index contributed by atoms with van der Waals surface area (Å²) in [6, 6.07) is 8.08. The maximum absolute atomic E-state index is 10.6. The lowest BCUT2D eigenvalue weighted by Gasteiger charge is -2.08. The van der Waals surface area contributed by atoms with Crippen LogP contribution in [0.4, 0.5) is 0 Å². The predicted molar refractivity (Wildman–Crippen MR) is 71.7 cm³/mol. The highest BCUT2D eigenvalue weighted by Gasteiger charge is 2.04. The third-order valence-corrected chi connectivity index (χ3v) is 3.08. The van der Waals surface area contributed by atoms with Crippen molar-refractivity contribution in [1.29, 1.82) is 0 Å². The van der Waals surface area contributed by atoms with Crippen LogP contribution in [0.25, 0.3) is 0 Å². The highest BCUT2D eigenvalue weighted by molar-refractivity contribution is 5.67. The number of carbonyl (C=O) groups is 1. The lowest BCUT2D eigenvalue weighted by Crippen LogP contribution is -2.00. The minimum absolute atomic E-state index is 0.196. The fraction of sp³-hybridized carbons (Fsp3) is 0.533. The van der Waals surface area contributed by atoms with E-state index in [9.17, 15) is 4.79 Å². The molecule has 0 heterocycles. The van der Waals surface area contributed by atoms with Gasteiger partial charge in [0.2, 0.25) is 0 Å². The summed E-state index contributed by atoms with van der Waals surface area (Å²) in [5.74, 6) is -0.743. The average molecular weight is 250 g/mol. The summed E-state index contributed by atoms with van der Waals surface area (Å²) < 4.78 is 0. The van der Waals surface area contributed by atoms with Gasteiger partial charge in [-0.05, 0) is 36.8 Å². The standard InChI is InChI=1S/C15H22O3/c16-12-6-2-1-3-7-13-8-4-5-9-14(13)10-11-15(17)18/h4-5,8-9,16H,1-3,6-7,10-12H2,(H,17,18). The first-order chi connectivity index (χ1) is 8.74. The zero-order valence-electron chi connectivity index (χ0n) is 10.8. The van der Waals surface area contributed by atoms with E-state index in [0.717, 1.165) is 37.7 Å². The first kappa shape index (κ1) is 14.7. The van der Waals surface area contributed by atoms with E-state index in [2.05, 4.69) is 6.07 Å². The summed E-state index contributed by atoms with van der Waals surface area (Å²) in [7, 11) is 0. The van der Waals surface area contributed by atoms with Gasteiger partial charge in [0, 0.05) is 13.0 Å². The van der Waals surface area contributed by atoms with E-state index in [1.807, 2.05) is 18.2 Å². The SMILES string of the molecule is O=C(O)CCc1ccccc1CCCCCCO. The Bertz CT molecular complexity index is 361. The van der Waals surface area contributed by atoms with Gasteiger partial charge in [0.05, 0.1) is 0 Å². The number of carboxylic acid groups (broad SMARTS) is 1. The second-order valence-electron chi connectivity index (χ2n) is 4.55. The molecule has 0 aliphatic rings. The van der Waals surface area contributed by atoms with Gasteiger partial charge in [-0.25, -0.2) is 0 Å². The van der Waals surface area contributed by atoms with Crippen LogP contribution in [0.5, 0.6) is 0 Å². The van der Waals surface area contributed by atoms with Crippen LogP contribution in [0.15, 0.2) is 24.3 Å². The van der Waals surface area contributed by atoms with Crippen molar-refractivity contribution >= 4 is 5.97 Å². The summed E-state index contributed by atoms with van der Waals surface area (Å²) in [6.07, 6.45) is 5.97. The van der Waals surface area contributed by atoms with Gasteiger partial charge < -0.3 is 10.2 Å². The molecule has 1 aromatic rings. The molecule has 0 saturated carbocycles. The van der Waals surface area contributed by atoms with Crippen LogP contribution in [-0.4, -0.2) is 22.8 Å². The molecule has 18 heavy (non-hydrogen) atoms. The number of aliphatic hydroxyl groups is 1. The van der Waals surface area contributed by atoms with Crippen molar-refractivity contribution in [2.75, 3.05) is 6.61 Å². The van der Waals surface area contributed by atoms with Crippen LogP contribution in [-0.2, 0) is 17.6 Å². The molecule has 1 aromatic carbocycles. The highest BCUT2D eigenvalue weighted by Crippen LogP contribution is 2.15. The smallest absolute Gasteiger partial charge is 0.303 e. The Kier molecular flexibility index (Phi) is 7.11. The minimum Gasteiger partial charge on any atom is -0.481 e. The monoisotopic (exact) mass is 250 g/mol. The van der Waals surface area contributed by atoms with E-state index in [-0.39, 0.29) is 13.0 Å². The summed E-state index contributed by atoms with van der Waals surface area (Å²) in [5, 5.41) is 17.4. The zero-order valence-corrected chi connectivity index (χ0v) is 10.8. The van der Waals surface area contributed by atoms with Crippen molar-refractivity contribution in [2.24, 2.45) is 0 Å². The van der Waals surface area contributed by atoms with Gasteiger partial charge in [0.1, 0.15) is 0 Å². The molecule has 3 nitrogen and oxygen atoms in total. The molecule has 0 fully saturated rings. The van der Waals surface area contributed by atoms with E-state index >= 15 is 0 Å². The van der Waals surface area contributed by atoms with Crippen molar-refractivity contribution in [3.8, 4) is 0 Å². The first-order valence-corrected chi connectivity index (χ1v) is 6.63. The number of rotatable bonds is 9. The van der Waals surface area contributed by atoms with E-state index in [1.165, 1.54) is 5.56 Å². The van der Waals surface area contributed by atoms with Crippen molar-refractivity contribution in [2.45, 2.75) is 44.9 Å². The molecule has 0 aliphatic carbocycles. The molecular formula is C15H22O3. The number of aliphatic hydroxyl groups excluding tert-OH is 1. The minimum atomic E-state index is -0.743. The second-order valence-corrected chi connectivity index (χ2v) is 4.55. The maximum atomic E-state index is 10.6. The average Bonchev–Trinajstić information content (AvgIpc) is 2.37. The molecule has 0 spiro atoms. The van der Waals surface area contributed by atoms with Gasteiger partial charge in [-0.2, -0.15) is 0 Å². The molecule has 0 atom stereocenters. The third kappa shape index (κ3) is 5.82. The van der Waals surface area contributed by atoms with Crippen LogP contribution < -0.4 is 0 Å². The number of benzene rings is 1. The van der Waals surface area contributed by atoms with Crippen LogP contribution in [0.3, 0.4) is 0 Å². The molecule has 0 aliphatic heterocycles. The molecule has 0 amide bonds. The zero-order chi connectivity index (χ0) is 13.2. The summed E-state index contributed by atoms with van der Waals surface area (Å²) >= 11 is 0. The van der Waals surface area contributed by atoms with Crippen molar-refractivity contribution in [3.63, 3.8) is 0 Å². The third-order valence-electron chi connectivity index (χ3n) is 3.08. The second kappa shape index (κ2) is 8.70. The van der Waals surface area contributed by atoms with Gasteiger partial charge in [0.25, 0.3) is 0 Å². The number of unbranched alkanes of at least 4 members (excludes halogenated alkanes) is 3. The Morgan fingerprint density at radius 3 is 2.17 bits per heavy atom. The number of aliphatic carboxylic acids is 1. The van der Waals surface area contributed by atoms with Crippen LogP contribution in [0.2, 0.25) is 0 Å². The number of hydrogen-bond donors (Lipinski definition) is 2. The van der Waals surface area contributed by atoms with Gasteiger partial charge in [-0.3, -0.25) is 4.79 Å². The molecule has 0 bridgehead atoms. The Labute approximate surface area is 108 Å². The van der Waals surface area contributed by atoms with Gasteiger partial charge in [-0.1, -0.05) is 37.1 Å². The van der Waals surface area contributed by atoms with Gasteiger partial charge in [0.15, 0.2) is 0 Å². The molecule has 0 radical (unpaired) electrons. The van der Waals surface area contributed by atoms with E-state index in [4.69, 9.17) is 10.2 Å². The number of carboxylic acids is 1. The van der Waals surface area contributed by atoms with Crippen LogP contribution >= 0.6 is 0 Å². The Hall–Kier alpha value is -1.35. The first-order valence-electron chi connectivity index (χ1n) is 6.63. The van der Waals surface area contributed by atoms with Crippen molar-refractivity contribution in [1.82, 2.24) is 0 Å². The van der Waals surface area contributed by atoms with Gasteiger partial charge >= 0.3 is 5.97 Å². The Balaban J connectivity index is 2.41. The summed E-state index contributed by atoms with van der Waals surface area (Å²) in [6.45, 7) is 0.273. The van der Waals surface area contributed by atoms with Gasteiger partial charge in [-0.15, -0.1) is 0 Å². The molecular weight excluding hydrogens is 228 g/mol. The Morgan fingerprint density at radius 2 is 1.56 bits per heavy atom. The molecule has 3 heteroatoms. The fourth-order valence-corrected chi connectivity index (χ4v) is 2.07. The van der Waals surface area contributed by atoms with Crippen molar-refractivity contribution in [3.05, 3.63) is 35.4 Å². The number of aryl methyl sites for hydroxylation is 2. The van der Waals surface area contributed by atoms with Crippen LogP contribution in [0.1, 0.15) is 43.2 Å². The Morgan fingerprint density at radius 1 is 0.944 bits per heavy atom. The molecule has 1 rings (SSSR count). The van der Waals surface area contributed by atoms with Crippen molar-refractivity contribution < 1.29 is 15.0 Å². The quantitative estimate of drug-likeness (QED) is 0.663. The van der Waals surface area contributed by atoms with Crippen LogP contribution in [0, 0.1) is 0 Å². The molecule has 0 aromatic heterocycles. The lowest BCUT2D eigenvalue weighted by molar-refractivity contribution is -0.136. The largest absolute Gasteiger partial charge is 0.481 e. The number of hydrogen-bond acceptors (Lipinski definition) is 2. The molecule has 0 saturated heterocycles. The topological polar surface area (TPSA) is 57.5 Å². The van der Waals surface area contributed by atoms with E-state index in [0.29, 0.717) is 6.42 Å². The maximum Gasteiger partial charge on any atom is 0.303 e. The molecule has 100 valence electrons. The lowest BCUT2D eigenvalue weighted by atomic mass is 9.98. The fourth-order valence-electron chi connectivity index (χ4n) is 2.07. The normalized spacial score (nSPS) is 10.5. The molecule has 0 unspecified atom stereocenters. The summed E-state index contributed by atoms with van der Waals surface area (Å²) in [4.78, 5) is 10.6. The van der Waals surface area contributed by atoms with E-state index in [1.54, 1.807) is 0 Å². The summed E-state index contributed by atoms with van der Waals surface area (Å²) in [5.41, 5.74) is 2.42. The molecule has 2 N–H and O–H groups in total. The highest BCUT2D eigenvalue weighted by atomic mass is 16.4. The van der Waals surface area contributed by atoms with E-state index < -0.39 is 5.97 Å². The predicted octanol–water partition coefficient (Wildman–Crippen LogP) is 2.80.